The lowest BCUT2D eigenvalue weighted by Crippen LogP contribution is -2.33. The lowest BCUT2D eigenvalue weighted by atomic mass is 10.2. The minimum absolute atomic E-state index is 0.181. The number of rotatable bonds is 3. The number of alkyl halides is 3. The minimum atomic E-state index is -4.35. The molecular weight excluding hydrogens is 199 g/mol. The van der Waals surface area contributed by atoms with Gasteiger partial charge in [0, 0.05) is 19.2 Å². The van der Waals surface area contributed by atoms with E-state index < -0.39 is 23.6 Å². The third kappa shape index (κ3) is 2.55. The molecule has 1 N–H and O–H groups in total. The summed E-state index contributed by atoms with van der Waals surface area (Å²) >= 11 is 0. The molecule has 14 heavy (non-hydrogen) atoms. The zero-order valence-electron chi connectivity index (χ0n) is 7.52. The number of hydrogen-bond donors (Lipinski definition) is 1. The average molecular weight is 209 g/mol. The molecule has 0 amide bonds. The standard InChI is InChI=1S/C8H10F3NO2/c1-14-4-7(13)6-2-5(3-12-6)8(9,10)11/h2,6,12H,3-4H2,1H3/t6-/m1/s1. The third-order valence-electron chi connectivity index (χ3n) is 1.88. The van der Waals surface area contributed by atoms with Gasteiger partial charge < -0.3 is 10.1 Å². The molecule has 0 bridgehead atoms. The van der Waals surface area contributed by atoms with Crippen LogP contribution in [0.25, 0.3) is 0 Å². The van der Waals surface area contributed by atoms with Crippen molar-refractivity contribution in [3.8, 4) is 0 Å². The second-order valence-electron chi connectivity index (χ2n) is 2.95. The van der Waals surface area contributed by atoms with E-state index in [-0.39, 0.29) is 13.2 Å². The SMILES string of the molecule is COCC(=O)[C@H]1C=C(C(F)(F)F)CN1. The van der Waals surface area contributed by atoms with Crippen molar-refractivity contribution in [1.82, 2.24) is 5.32 Å². The van der Waals surface area contributed by atoms with Crippen LogP contribution < -0.4 is 5.32 Å². The van der Waals surface area contributed by atoms with Crippen molar-refractivity contribution in [3.63, 3.8) is 0 Å². The van der Waals surface area contributed by atoms with Gasteiger partial charge in [-0.05, 0) is 0 Å². The van der Waals surface area contributed by atoms with Crippen molar-refractivity contribution in [2.45, 2.75) is 12.2 Å². The molecule has 0 aromatic carbocycles. The van der Waals surface area contributed by atoms with Gasteiger partial charge in [0.2, 0.25) is 0 Å². The number of carbonyl (C=O) groups is 1. The van der Waals surface area contributed by atoms with Crippen LogP contribution in [0.15, 0.2) is 11.6 Å². The molecule has 0 unspecified atom stereocenters. The second kappa shape index (κ2) is 4.10. The van der Waals surface area contributed by atoms with E-state index >= 15 is 0 Å². The normalized spacial score (nSPS) is 22.3. The number of carbonyl (C=O) groups excluding carboxylic acids is 1. The highest BCUT2D eigenvalue weighted by Gasteiger charge is 2.38. The highest BCUT2D eigenvalue weighted by Crippen LogP contribution is 2.27. The predicted octanol–water partition coefficient (Wildman–Crippen LogP) is 0.662. The van der Waals surface area contributed by atoms with Gasteiger partial charge in [0.05, 0.1) is 6.04 Å². The molecule has 0 aromatic rings. The Kier molecular flexibility index (Phi) is 3.28. The molecule has 1 heterocycles. The van der Waals surface area contributed by atoms with Gasteiger partial charge in [-0.15, -0.1) is 0 Å². The van der Waals surface area contributed by atoms with E-state index in [0.29, 0.717) is 0 Å². The zero-order valence-corrected chi connectivity index (χ0v) is 7.52. The summed E-state index contributed by atoms with van der Waals surface area (Å²) in [5, 5.41) is 2.46. The van der Waals surface area contributed by atoms with Crippen molar-refractivity contribution < 1.29 is 22.7 Å². The van der Waals surface area contributed by atoms with E-state index in [9.17, 15) is 18.0 Å². The fourth-order valence-electron chi connectivity index (χ4n) is 1.17. The summed E-state index contributed by atoms with van der Waals surface area (Å²) < 4.78 is 40.9. The van der Waals surface area contributed by atoms with Gasteiger partial charge in [0.25, 0.3) is 0 Å². The lowest BCUT2D eigenvalue weighted by molar-refractivity contribution is -0.123. The summed E-state index contributed by atoms with van der Waals surface area (Å²) in [5.41, 5.74) is -0.702. The quantitative estimate of drug-likeness (QED) is 0.694. The molecule has 1 aliphatic rings. The van der Waals surface area contributed by atoms with Crippen molar-refractivity contribution in [3.05, 3.63) is 11.6 Å². The van der Waals surface area contributed by atoms with E-state index in [0.717, 1.165) is 6.08 Å². The number of halogens is 3. The maximum atomic E-state index is 12.1. The van der Waals surface area contributed by atoms with Crippen molar-refractivity contribution in [2.75, 3.05) is 20.3 Å². The Hall–Kier alpha value is -0.880. The average Bonchev–Trinajstić information content (AvgIpc) is 2.51. The highest BCUT2D eigenvalue weighted by atomic mass is 19.4. The van der Waals surface area contributed by atoms with Crippen LogP contribution >= 0.6 is 0 Å². The zero-order chi connectivity index (χ0) is 10.8. The molecule has 80 valence electrons. The Morgan fingerprint density at radius 1 is 1.71 bits per heavy atom. The van der Waals surface area contributed by atoms with Gasteiger partial charge >= 0.3 is 6.18 Å². The van der Waals surface area contributed by atoms with Gasteiger partial charge in [0.15, 0.2) is 5.78 Å². The van der Waals surface area contributed by atoms with E-state index in [1.807, 2.05) is 0 Å². The van der Waals surface area contributed by atoms with Crippen molar-refractivity contribution >= 4 is 5.78 Å². The summed E-state index contributed by atoms with van der Waals surface area (Å²) in [4.78, 5) is 11.1. The minimum Gasteiger partial charge on any atom is -0.377 e. The fourth-order valence-corrected chi connectivity index (χ4v) is 1.17. The van der Waals surface area contributed by atoms with Crippen LogP contribution in [0.2, 0.25) is 0 Å². The largest absolute Gasteiger partial charge is 0.413 e. The maximum absolute atomic E-state index is 12.1. The van der Waals surface area contributed by atoms with E-state index in [1.54, 1.807) is 0 Å². The Morgan fingerprint density at radius 3 is 2.79 bits per heavy atom. The number of hydrogen-bond acceptors (Lipinski definition) is 3. The summed E-state index contributed by atoms with van der Waals surface area (Å²) in [6.45, 7) is -0.497. The van der Waals surface area contributed by atoms with Crippen LogP contribution in [0.3, 0.4) is 0 Å². The van der Waals surface area contributed by atoms with E-state index in [2.05, 4.69) is 10.1 Å². The molecule has 3 nitrogen and oxygen atoms in total. The molecule has 0 saturated heterocycles. The lowest BCUT2D eigenvalue weighted by Gasteiger charge is -2.05. The number of methoxy groups -OCH3 is 1. The Bertz CT molecular complexity index is 260. The molecule has 0 saturated carbocycles. The van der Waals surface area contributed by atoms with Gasteiger partial charge in [0.1, 0.15) is 6.61 Å². The highest BCUT2D eigenvalue weighted by molar-refractivity contribution is 5.87. The number of Topliss-reactive ketones (excluding diaryl/α,β-unsaturated/α-hetero) is 1. The molecule has 6 heteroatoms. The number of ether oxygens (including phenoxy) is 1. The molecule has 1 rings (SSSR count). The van der Waals surface area contributed by atoms with Gasteiger partial charge in [-0.25, -0.2) is 0 Å². The molecule has 0 fully saturated rings. The van der Waals surface area contributed by atoms with Crippen molar-refractivity contribution in [1.29, 1.82) is 0 Å². The van der Waals surface area contributed by atoms with Crippen LogP contribution in [0.5, 0.6) is 0 Å². The molecule has 0 spiro atoms. The predicted molar refractivity (Wildman–Crippen MR) is 42.8 cm³/mol. The summed E-state index contributed by atoms with van der Waals surface area (Å²) in [7, 11) is 1.32. The molecule has 0 radical (unpaired) electrons. The van der Waals surface area contributed by atoms with Gasteiger partial charge in [-0.2, -0.15) is 13.2 Å². The van der Waals surface area contributed by atoms with Crippen LogP contribution in [-0.4, -0.2) is 38.3 Å². The van der Waals surface area contributed by atoms with Crippen LogP contribution in [0.4, 0.5) is 13.2 Å². The van der Waals surface area contributed by atoms with Gasteiger partial charge in [-0.1, -0.05) is 6.08 Å². The fraction of sp³-hybridized carbons (Fsp3) is 0.625. The third-order valence-corrected chi connectivity index (χ3v) is 1.88. The van der Waals surface area contributed by atoms with E-state index in [4.69, 9.17) is 0 Å². The molecule has 0 aromatic heterocycles. The molecule has 1 atom stereocenters. The first-order valence-corrected chi connectivity index (χ1v) is 3.98. The molecular formula is C8H10F3NO2. The first-order valence-electron chi connectivity index (χ1n) is 3.98. The van der Waals surface area contributed by atoms with E-state index in [1.165, 1.54) is 7.11 Å². The molecule has 1 aliphatic heterocycles. The second-order valence-corrected chi connectivity index (χ2v) is 2.95. The summed E-state index contributed by atoms with van der Waals surface area (Å²) in [6, 6.07) is -0.869. The number of ketones is 1. The summed E-state index contributed by atoms with van der Waals surface area (Å²) in [5.74, 6) is -0.397. The van der Waals surface area contributed by atoms with Crippen molar-refractivity contribution in [2.24, 2.45) is 0 Å². The van der Waals surface area contributed by atoms with Gasteiger partial charge in [-0.3, -0.25) is 4.79 Å². The Labute approximate surface area is 78.9 Å². The first-order chi connectivity index (χ1) is 6.45. The first kappa shape index (κ1) is 11.2. The Morgan fingerprint density at radius 2 is 2.36 bits per heavy atom. The summed E-state index contributed by atoms with van der Waals surface area (Å²) in [6.07, 6.45) is -3.45. The van der Waals surface area contributed by atoms with Crippen LogP contribution in [-0.2, 0) is 9.53 Å². The topological polar surface area (TPSA) is 38.3 Å². The monoisotopic (exact) mass is 209 g/mol. The van der Waals surface area contributed by atoms with Crippen LogP contribution in [0, 0.1) is 0 Å². The Balaban J connectivity index is 2.62. The maximum Gasteiger partial charge on any atom is 0.413 e. The van der Waals surface area contributed by atoms with Crippen LogP contribution in [0.1, 0.15) is 0 Å². The molecule has 0 aliphatic carbocycles. The number of nitrogens with one attached hydrogen (secondary N) is 1. The smallest absolute Gasteiger partial charge is 0.377 e.